The standard InChI is InChI=1S/C28H28O5.C19H24O3/c1-20-6-12-25(13-7-20)32-27(30)33-26-16-10-23(11-17-26)28(18-4-3-5-19-28)22-8-14-24(15-9-22)31-21(2)29;1-19(13-4-14-20,15-5-9-17(21-2)10-6-15)16-7-11-18(22-3)12-8-16/h6-17H,3-5,18-19H2,1-2H3;5-12,20H,4,13-14H2,1-3H3. The molecule has 288 valence electrons. The van der Waals surface area contributed by atoms with E-state index in [1.165, 1.54) is 35.6 Å². The van der Waals surface area contributed by atoms with Gasteiger partial charge in [0.05, 0.1) is 14.2 Å². The van der Waals surface area contributed by atoms with E-state index < -0.39 is 6.16 Å². The Kier molecular flexibility index (Phi) is 14.1. The summed E-state index contributed by atoms with van der Waals surface area (Å²) >= 11 is 0. The molecule has 0 unspecified atom stereocenters. The molecule has 1 N–H and O–H groups in total. The molecule has 1 saturated carbocycles. The van der Waals surface area contributed by atoms with Crippen molar-refractivity contribution in [3.8, 4) is 28.7 Å². The summed E-state index contributed by atoms with van der Waals surface area (Å²) in [4.78, 5) is 23.4. The Balaban J connectivity index is 0.000000229. The summed E-state index contributed by atoms with van der Waals surface area (Å²) in [5, 5.41) is 9.25. The number of hydrogen-bond donors (Lipinski definition) is 1. The monoisotopic (exact) mass is 744 g/mol. The minimum Gasteiger partial charge on any atom is -0.497 e. The molecule has 8 heteroatoms. The van der Waals surface area contributed by atoms with Gasteiger partial charge in [0.2, 0.25) is 0 Å². The first kappa shape index (κ1) is 40.6. The summed E-state index contributed by atoms with van der Waals surface area (Å²) in [7, 11) is 3.34. The van der Waals surface area contributed by atoms with Gasteiger partial charge in [0.1, 0.15) is 28.7 Å². The van der Waals surface area contributed by atoms with Crippen molar-refractivity contribution in [3.63, 3.8) is 0 Å². The fourth-order valence-electron chi connectivity index (χ4n) is 7.37. The lowest BCUT2D eigenvalue weighted by atomic mass is 9.65. The number of benzene rings is 5. The first-order chi connectivity index (χ1) is 26.6. The molecule has 1 aliphatic rings. The van der Waals surface area contributed by atoms with Gasteiger partial charge in [0.15, 0.2) is 0 Å². The van der Waals surface area contributed by atoms with E-state index >= 15 is 0 Å². The van der Waals surface area contributed by atoms with Crippen LogP contribution < -0.4 is 23.7 Å². The molecule has 0 atom stereocenters. The SMILES string of the molecule is CC(=O)Oc1ccc(C2(c3ccc(OC(=O)Oc4ccc(C)cc4)cc3)CCCCC2)cc1.COc1ccc(C(C)(CCCO)c2ccc(OC)cc2)cc1. The third kappa shape index (κ3) is 10.5. The molecule has 6 rings (SSSR count). The third-order valence-corrected chi connectivity index (χ3v) is 10.5. The molecule has 55 heavy (non-hydrogen) atoms. The van der Waals surface area contributed by atoms with E-state index in [-0.39, 0.29) is 23.4 Å². The minimum absolute atomic E-state index is 0.117. The van der Waals surface area contributed by atoms with Crippen LogP contribution in [0.5, 0.6) is 28.7 Å². The number of aryl methyl sites for hydroxylation is 1. The Morgan fingerprint density at radius 2 is 1.00 bits per heavy atom. The molecule has 1 fully saturated rings. The zero-order valence-corrected chi connectivity index (χ0v) is 32.5. The summed E-state index contributed by atoms with van der Waals surface area (Å²) in [6.07, 6.45) is 6.46. The second kappa shape index (κ2) is 19.1. The largest absolute Gasteiger partial charge is 0.519 e. The number of hydrogen-bond acceptors (Lipinski definition) is 8. The Bertz CT molecular complexity index is 1900. The molecule has 0 aromatic heterocycles. The van der Waals surface area contributed by atoms with E-state index in [4.69, 9.17) is 23.7 Å². The van der Waals surface area contributed by atoms with Crippen LogP contribution in [-0.2, 0) is 15.6 Å². The van der Waals surface area contributed by atoms with Gasteiger partial charge in [0.25, 0.3) is 0 Å². The normalized spacial score (nSPS) is 13.4. The summed E-state index contributed by atoms with van der Waals surface area (Å²) in [5.41, 5.74) is 5.63. The highest BCUT2D eigenvalue weighted by molar-refractivity contribution is 5.69. The van der Waals surface area contributed by atoms with Gasteiger partial charge in [-0.1, -0.05) is 92.4 Å². The molecule has 0 saturated heterocycles. The predicted molar refractivity (Wildman–Crippen MR) is 215 cm³/mol. The van der Waals surface area contributed by atoms with Crippen LogP contribution in [0.3, 0.4) is 0 Å². The molecular formula is C47H52O8. The summed E-state index contributed by atoms with van der Waals surface area (Å²) < 4.78 is 26.3. The lowest BCUT2D eigenvalue weighted by Crippen LogP contribution is -2.30. The number of ether oxygens (including phenoxy) is 5. The molecule has 0 aliphatic heterocycles. The van der Waals surface area contributed by atoms with Crippen LogP contribution in [-0.4, -0.2) is 38.1 Å². The van der Waals surface area contributed by atoms with E-state index in [1.807, 2.05) is 91.9 Å². The maximum absolute atomic E-state index is 12.2. The Morgan fingerprint density at radius 1 is 0.600 bits per heavy atom. The Labute approximate surface area is 325 Å². The predicted octanol–water partition coefficient (Wildman–Crippen LogP) is 10.5. The van der Waals surface area contributed by atoms with E-state index in [9.17, 15) is 14.7 Å². The minimum atomic E-state index is -0.764. The molecule has 0 spiro atoms. The molecule has 8 nitrogen and oxygen atoms in total. The molecule has 0 heterocycles. The van der Waals surface area contributed by atoms with Gasteiger partial charge in [-0.3, -0.25) is 4.79 Å². The summed E-state index contributed by atoms with van der Waals surface area (Å²) in [5.74, 6) is 2.80. The van der Waals surface area contributed by atoms with Crippen molar-refractivity contribution in [2.45, 2.75) is 76.5 Å². The van der Waals surface area contributed by atoms with Crippen molar-refractivity contribution >= 4 is 12.1 Å². The molecule has 5 aromatic carbocycles. The Hall–Kier alpha value is -5.60. The molecule has 1 aliphatic carbocycles. The van der Waals surface area contributed by atoms with Crippen molar-refractivity contribution in [1.29, 1.82) is 0 Å². The summed E-state index contributed by atoms with van der Waals surface area (Å²) in [6.45, 7) is 5.78. The molecule has 0 amide bonds. The van der Waals surface area contributed by atoms with Crippen molar-refractivity contribution < 1.29 is 38.4 Å². The number of esters is 1. The van der Waals surface area contributed by atoms with E-state index in [1.54, 1.807) is 26.4 Å². The fraction of sp³-hybridized carbons (Fsp3) is 0.319. The number of rotatable bonds is 12. The van der Waals surface area contributed by atoms with Crippen molar-refractivity contribution in [2.75, 3.05) is 20.8 Å². The van der Waals surface area contributed by atoms with Crippen LogP contribution >= 0.6 is 0 Å². The summed E-state index contributed by atoms with van der Waals surface area (Å²) in [6, 6.07) is 39.0. The van der Waals surface area contributed by atoms with Crippen LogP contribution in [0.15, 0.2) is 121 Å². The lowest BCUT2D eigenvalue weighted by molar-refractivity contribution is -0.131. The van der Waals surface area contributed by atoms with Crippen LogP contribution in [0.4, 0.5) is 4.79 Å². The van der Waals surface area contributed by atoms with Gasteiger partial charge < -0.3 is 28.8 Å². The molecule has 5 aromatic rings. The zero-order chi connectivity index (χ0) is 39.3. The van der Waals surface area contributed by atoms with E-state index in [0.29, 0.717) is 17.2 Å². The van der Waals surface area contributed by atoms with Gasteiger partial charge in [-0.2, -0.15) is 0 Å². The zero-order valence-electron chi connectivity index (χ0n) is 32.5. The fourth-order valence-corrected chi connectivity index (χ4v) is 7.37. The molecule has 0 bridgehead atoms. The topological polar surface area (TPSA) is 101 Å². The van der Waals surface area contributed by atoms with Gasteiger partial charge in [-0.25, -0.2) is 4.79 Å². The maximum Gasteiger partial charge on any atom is 0.519 e. The number of aliphatic hydroxyl groups excluding tert-OH is 1. The van der Waals surface area contributed by atoms with Crippen LogP contribution in [0.25, 0.3) is 0 Å². The first-order valence-electron chi connectivity index (χ1n) is 18.8. The van der Waals surface area contributed by atoms with Gasteiger partial charge in [-0.05, 0) is 116 Å². The third-order valence-electron chi connectivity index (χ3n) is 10.5. The highest BCUT2D eigenvalue weighted by Gasteiger charge is 2.36. The van der Waals surface area contributed by atoms with Gasteiger partial charge in [0, 0.05) is 24.4 Å². The molecule has 0 radical (unpaired) electrons. The van der Waals surface area contributed by atoms with E-state index in [2.05, 4.69) is 31.2 Å². The van der Waals surface area contributed by atoms with E-state index in [0.717, 1.165) is 55.6 Å². The average Bonchev–Trinajstić information content (AvgIpc) is 3.21. The lowest BCUT2D eigenvalue weighted by Gasteiger charge is -2.38. The number of methoxy groups -OCH3 is 2. The smallest absolute Gasteiger partial charge is 0.497 e. The maximum atomic E-state index is 12.2. The number of carbonyl (C=O) groups excluding carboxylic acids is 2. The van der Waals surface area contributed by atoms with Crippen LogP contribution in [0.1, 0.15) is 86.6 Å². The highest BCUT2D eigenvalue weighted by Crippen LogP contribution is 2.45. The second-order valence-corrected chi connectivity index (χ2v) is 14.2. The quantitative estimate of drug-likeness (QED) is 0.0766. The number of carbonyl (C=O) groups is 2. The Morgan fingerprint density at radius 3 is 1.40 bits per heavy atom. The van der Waals surface area contributed by atoms with Gasteiger partial charge >= 0.3 is 12.1 Å². The first-order valence-corrected chi connectivity index (χ1v) is 18.8. The van der Waals surface area contributed by atoms with Gasteiger partial charge in [-0.15, -0.1) is 0 Å². The van der Waals surface area contributed by atoms with Crippen molar-refractivity contribution in [1.82, 2.24) is 0 Å². The second-order valence-electron chi connectivity index (χ2n) is 14.2. The average molecular weight is 745 g/mol. The van der Waals surface area contributed by atoms with Crippen molar-refractivity contribution in [2.24, 2.45) is 0 Å². The van der Waals surface area contributed by atoms with Crippen LogP contribution in [0.2, 0.25) is 0 Å². The van der Waals surface area contributed by atoms with Crippen LogP contribution in [0, 0.1) is 6.92 Å². The number of aliphatic hydroxyl groups is 1. The van der Waals surface area contributed by atoms with Crippen molar-refractivity contribution in [3.05, 3.63) is 149 Å². The highest BCUT2D eigenvalue weighted by atomic mass is 16.7. The molecular weight excluding hydrogens is 693 g/mol.